The molecule has 122 valence electrons. The lowest BCUT2D eigenvalue weighted by Crippen LogP contribution is -2.39. The Hall–Kier alpha value is -1.83. The molecule has 2 aliphatic rings. The fourth-order valence-corrected chi connectivity index (χ4v) is 3.49. The predicted molar refractivity (Wildman–Crippen MR) is 81.4 cm³/mol. The van der Waals surface area contributed by atoms with Gasteiger partial charge in [0.15, 0.2) is 0 Å². The van der Waals surface area contributed by atoms with E-state index in [-0.39, 0.29) is 12.1 Å². The molecule has 0 aliphatic carbocycles. The van der Waals surface area contributed by atoms with Gasteiger partial charge in [0.25, 0.3) is 0 Å². The normalized spacial score (nSPS) is 26.7. The lowest BCUT2D eigenvalue weighted by atomic mass is 10.1. The molecule has 7 nitrogen and oxygen atoms in total. The number of nitrogens with zero attached hydrogens (tertiary/aromatic N) is 4. The second-order valence-electron chi connectivity index (χ2n) is 6.14. The van der Waals surface area contributed by atoms with E-state index in [1.54, 1.807) is 12.4 Å². The highest BCUT2D eigenvalue weighted by Crippen LogP contribution is 2.36. The number of aliphatic hydroxyl groups excluding tert-OH is 1. The average molecular weight is 316 g/mol. The Morgan fingerprint density at radius 2 is 1.96 bits per heavy atom. The summed E-state index contributed by atoms with van der Waals surface area (Å²) in [6, 6.07) is 4.10. The van der Waals surface area contributed by atoms with E-state index in [0.29, 0.717) is 30.7 Å². The molecule has 0 aromatic carbocycles. The van der Waals surface area contributed by atoms with Crippen LogP contribution in [0, 0.1) is 0 Å². The van der Waals surface area contributed by atoms with Gasteiger partial charge in [-0.3, -0.25) is 9.88 Å². The zero-order chi connectivity index (χ0) is 15.6. The molecular weight excluding hydrogens is 296 g/mol. The summed E-state index contributed by atoms with van der Waals surface area (Å²) in [6.07, 6.45) is 5.66. The van der Waals surface area contributed by atoms with Crippen LogP contribution in [0.1, 0.15) is 31.2 Å². The smallest absolute Gasteiger partial charge is 0.244 e. The van der Waals surface area contributed by atoms with Crippen molar-refractivity contribution in [3.8, 4) is 11.4 Å². The van der Waals surface area contributed by atoms with E-state index in [1.165, 1.54) is 0 Å². The second-order valence-corrected chi connectivity index (χ2v) is 6.14. The molecule has 7 heteroatoms. The third-order valence-electron chi connectivity index (χ3n) is 4.64. The largest absolute Gasteiger partial charge is 0.392 e. The maximum atomic E-state index is 10.1. The van der Waals surface area contributed by atoms with Crippen LogP contribution in [0.3, 0.4) is 0 Å². The van der Waals surface area contributed by atoms with Crippen LogP contribution in [0.4, 0.5) is 0 Å². The molecule has 4 rings (SSSR count). The molecule has 2 aromatic heterocycles. The third kappa shape index (κ3) is 2.99. The summed E-state index contributed by atoms with van der Waals surface area (Å²) in [5.74, 6) is 1.15. The molecule has 0 radical (unpaired) electrons. The van der Waals surface area contributed by atoms with Crippen molar-refractivity contribution in [2.45, 2.75) is 37.5 Å². The molecule has 2 aromatic rings. The first kappa shape index (κ1) is 14.7. The van der Waals surface area contributed by atoms with Crippen molar-refractivity contribution in [3.05, 3.63) is 30.4 Å². The van der Waals surface area contributed by atoms with Gasteiger partial charge < -0.3 is 14.4 Å². The SMILES string of the molecule is OC1CC(c2nc(-c3ccncc3)no2)N(C2CCOCC2)C1. The Morgan fingerprint density at radius 3 is 2.74 bits per heavy atom. The fraction of sp³-hybridized carbons (Fsp3) is 0.562. The number of rotatable bonds is 3. The summed E-state index contributed by atoms with van der Waals surface area (Å²) in [7, 11) is 0. The van der Waals surface area contributed by atoms with Crippen LogP contribution in [0.25, 0.3) is 11.4 Å². The molecule has 2 aliphatic heterocycles. The first-order chi connectivity index (χ1) is 11.3. The van der Waals surface area contributed by atoms with Crippen LogP contribution < -0.4 is 0 Å². The number of aromatic nitrogens is 3. The minimum atomic E-state index is -0.348. The Labute approximate surface area is 134 Å². The van der Waals surface area contributed by atoms with Gasteiger partial charge in [0.2, 0.25) is 11.7 Å². The zero-order valence-electron chi connectivity index (χ0n) is 12.8. The van der Waals surface area contributed by atoms with Gasteiger partial charge >= 0.3 is 0 Å². The van der Waals surface area contributed by atoms with Crippen molar-refractivity contribution < 1.29 is 14.4 Å². The van der Waals surface area contributed by atoms with Gasteiger partial charge in [-0.15, -0.1) is 0 Å². The summed E-state index contributed by atoms with van der Waals surface area (Å²) >= 11 is 0. The summed E-state index contributed by atoms with van der Waals surface area (Å²) in [5, 5.41) is 14.2. The maximum absolute atomic E-state index is 10.1. The predicted octanol–water partition coefficient (Wildman–Crippen LogP) is 1.42. The van der Waals surface area contributed by atoms with Gasteiger partial charge in [-0.25, -0.2) is 0 Å². The van der Waals surface area contributed by atoms with E-state index in [0.717, 1.165) is 31.6 Å². The van der Waals surface area contributed by atoms with E-state index in [4.69, 9.17) is 9.26 Å². The minimum Gasteiger partial charge on any atom is -0.392 e. The number of aliphatic hydroxyl groups is 1. The van der Waals surface area contributed by atoms with Crippen molar-refractivity contribution >= 4 is 0 Å². The number of ether oxygens (including phenoxy) is 1. The van der Waals surface area contributed by atoms with Gasteiger partial charge in [-0.1, -0.05) is 5.16 Å². The molecule has 1 N–H and O–H groups in total. The number of likely N-dealkylation sites (tertiary alicyclic amines) is 1. The second kappa shape index (κ2) is 6.35. The topological polar surface area (TPSA) is 84.5 Å². The minimum absolute atomic E-state index is 0.0174. The molecule has 2 atom stereocenters. The molecule has 2 fully saturated rings. The third-order valence-corrected chi connectivity index (χ3v) is 4.64. The van der Waals surface area contributed by atoms with Crippen molar-refractivity contribution in [3.63, 3.8) is 0 Å². The molecule has 0 bridgehead atoms. The quantitative estimate of drug-likeness (QED) is 0.916. The number of β-amino-alcohol motifs (C(OH)–C–C–N with tert-alkyl or cyclic N) is 1. The van der Waals surface area contributed by atoms with Crippen molar-refractivity contribution in [1.29, 1.82) is 0 Å². The van der Waals surface area contributed by atoms with Crippen molar-refractivity contribution in [2.24, 2.45) is 0 Å². The van der Waals surface area contributed by atoms with Crippen LogP contribution in [0.2, 0.25) is 0 Å². The van der Waals surface area contributed by atoms with E-state index in [1.807, 2.05) is 12.1 Å². The van der Waals surface area contributed by atoms with E-state index in [2.05, 4.69) is 20.0 Å². The fourth-order valence-electron chi connectivity index (χ4n) is 3.49. The lowest BCUT2D eigenvalue weighted by molar-refractivity contribution is 0.0215. The van der Waals surface area contributed by atoms with E-state index >= 15 is 0 Å². The Bertz CT molecular complexity index is 642. The Balaban J connectivity index is 1.57. The number of pyridine rings is 1. The summed E-state index contributed by atoms with van der Waals surface area (Å²) in [6.45, 7) is 2.20. The molecule has 0 amide bonds. The van der Waals surface area contributed by atoms with Crippen molar-refractivity contribution in [1.82, 2.24) is 20.0 Å². The molecular formula is C16H20N4O3. The standard InChI is InChI=1S/C16H20N4O3/c21-13-9-14(20(10-13)12-3-7-22-8-4-12)16-18-15(19-23-16)11-1-5-17-6-2-11/h1-2,5-6,12-14,21H,3-4,7-10H2. The van der Waals surface area contributed by atoms with Gasteiger partial charge in [-0.05, 0) is 31.4 Å². The molecule has 2 saturated heterocycles. The summed E-state index contributed by atoms with van der Waals surface area (Å²) < 4.78 is 10.9. The molecule has 4 heterocycles. The number of hydrogen-bond acceptors (Lipinski definition) is 7. The molecule has 2 unspecified atom stereocenters. The van der Waals surface area contributed by atoms with Gasteiger partial charge in [0.1, 0.15) is 0 Å². The highest BCUT2D eigenvalue weighted by Gasteiger charge is 2.40. The van der Waals surface area contributed by atoms with Gasteiger partial charge in [0, 0.05) is 43.8 Å². The first-order valence-electron chi connectivity index (χ1n) is 8.07. The van der Waals surface area contributed by atoms with Gasteiger partial charge in [-0.2, -0.15) is 4.98 Å². The van der Waals surface area contributed by atoms with Crippen LogP contribution in [0.15, 0.2) is 29.0 Å². The molecule has 23 heavy (non-hydrogen) atoms. The average Bonchev–Trinajstić information content (AvgIpc) is 3.23. The van der Waals surface area contributed by atoms with Crippen LogP contribution in [-0.2, 0) is 4.74 Å². The molecule has 0 saturated carbocycles. The molecule has 0 spiro atoms. The maximum Gasteiger partial charge on any atom is 0.244 e. The van der Waals surface area contributed by atoms with Gasteiger partial charge in [0.05, 0.1) is 12.1 Å². The van der Waals surface area contributed by atoms with Crippen molar-refractivity contribution in [2.75, 3.05) is 19.8 Å². The Morgan fingerprint density at radius 1 is 1.17 bits per heavy atom. The lowest BCUT2D eigenvalue weighted by Gasteiger charge is -2.33. The Kier molecular flexibility index (Phi) is 4.07. The van der Waals surface area contributed by atoms with Crippen LogP contribution in [-0.4, -0.2) is 57.0 Å². The monoisotopic (exact) mass is 316 g/mol. The summed E-state index contributed by atoms with van der Waals surface area (Å²) in [5.41, 5.74) is 0.881. The first-order valence-corrected chi connectivity index (χ1v) is 8.07. The van der Waals surface area contributed by atoms with E-state index < -0.39 is 0 Å². The summed E-state index contributed by atoms with van der Waals surface area (Å²) in [4.78, 5) is 10.9. The van der Waals surface area contributed by atoms with E-state index in [9.17, 15) is 5.11 Å². The number of hydrogen-bond donors (Lipinski definition) is 1. The van der Waals surface area contributed by atoms with Crippen LogP contribution in [0.5, 0.6) is 0 Å². The van der Waals surface area contributed by atoms with Crippen LogP contribution >= 0.6 is 0 Å². The highest BCUT2D eigenvalue weighted by molar-refractivity contribution is 5.52. The zero-order valence-corrected chi connectivity index (χ0v) is 12.8. The highest BCUT2D eigenvalue weighted by atomic mass is 16.5.